The Bertz CT molecular complexity index is 923. The topological polar surface area (TPSA) is 80.9 Å². The van der Waals surface area contributed by atoms with Crippen molar-refractivity contribution in [3.8, 4) is 0 Å². The first kappa shape index (κ1) is 13.1. The van der Waals surface area contributed by atoms with Crippen LogP contribution in [0.25, 0.3) is 10.8 Å². The summed E-state index contributed by atoms with van der Waals surface area (Å²) in [6.07, 6.45) is 0. The average Bonchev–Trinajstić information content (AvgIpc) is 2.48. The fourth-order valence-electron chi connectivity index (χ4n) is 2.26. The van der Waals surface area contributed by atoms with E-state index in [1.807, 2.05) is 0 Å². The van der Waals surface area contributed by atoms with Crippen LogP contribution in [0.15, 0.2) is 52.1 Å². The largest absolute Gasteiger partial charge is 0.398 e. The lowest BCUT2D eigenvalue weighted by Crippen LogP contribution is -2.30. The fraction of sp³-hybridized carbons (Fsp3) is 0.0667. The molecule has 0 aliphatic heterocycles. The number of fused-ring (bicyclic) bond motifs is 1. The third kappa shape index (κ3) is 2.20. The number of anilines is 1. The molecule has 0 aliphatic carbocycles. The molecule has 2 aromatic carbocycles. The molecular formula is C15H12FN3O2. The highest BCUT2D eigenvalue weighted by Crippen LogP contribution is 2.16. The third-order valence-electron chi connectivity index (χ3n) is 3.36. The molecular weight excluding hydrogens is 273 g/mol. The molecule has 0 unspecified atom stereocenters. The minimum absolute atomic E-state index is 0.128. The number of aromatic nitrogens is 2. The lowest BCUT2D eigenvalue weighted by atomic mass is 10.1. The van der Waals surface area contributed by atoms with Crippen molar-refractivity contribution in [1.82, 2.24) is 9.78 Å². The highest BCUT2D eigenvalue weighted by atomic mass is 19.1. The van der Waals surface area contributed by atoms with E-state index >= 15 is 0 Å². The van der Waals surface area contributed by atoms with E-state index in [1.54, 1.807) is 30.3 Å². The van der Waals surface area contributed by atoms with Gasteiger partial charge in [0.25, 0.3) is 11.1 Å². The van der Waals surface area contributed by atoms with Gasteiger partial charge in [-0.15, -0.1) is 0 Å². The minimum Gasteiger partial charge on any atom is -0.398 e. The summed E-state index contributed by atoms with van der Waals surface area (Å²) in [4.78, 5) is 24.3. The second-order valence-corrected chi connectivity index (χ2v) is 4.69. The van der Waals surface area contributed by atoms with Crippen LogP contribution < -0.4 is 16.9 Å². The first-order valence-electron chi connectivity index (χ1n) is 6.32. The third-order valence-corrected chi connectivity index (χ3v) is 3.36. The predicted octanol–water partition coefficient (Wildman–Crippen LogP) is 1.46. The fourth-order valence-corrected chi connectivity index (χ4v) is 2.26. The van der Waals surface area contributed by atoms with Crippen LogP contribution in [0, 0.1) is 5.82 Å². The number of benzene rings is 2. The van der Waals surface area contributed by atoms with Crippen LogP contribution in [0.4, 0.5) is 10.1 Å². The molecule has 6 heteroatoms. The molecule has 3 N–H and O–H groups in total. The number of hydrogen-bond donors (Lipinski definition) is 2. The van der Waals surface area contributed by atoms with Crippen molar-refractivity contribution in [2.75, 3.05) is 5.73 Å². The van der Waals surface area contributed by atoms with Crippen LogP contribution in [-0.2, 0) is 6.54 Å². The summed E-state index contributed by atoms with van der Waals surface area (Å²) in [6.45, 7) is -0.128. The molecule has 0 aliphatic rings. The van der Waals surface area contributed by atoms with Gasteiger partial charge in [0.15, 0.2) is 0 Å². The summed E-state index contributed by atoms with van der Waals surface area (Å²) in [6, 6.07) is 10.8. The Balaban J connectivity index is 2.21. The monoisotopic (exact) mass is 285 g/mol. The summed E-state index contributed by atoms with van der Waals surface area (Å²) < 4.78 is 14.9. The lowest BCUT2D eigenvalue weighted by molar-refractivity contribution is 0.573. The van der Waals surface area contributed by atoms with Gasteiger partial charge < -0.3 is 5.73 Å². The summed E-state index contributed by atoms with van der Waals surface area (Å²) in [5.74, 6) is -0.518. The van der Waals surface area contributed by atoms with Crippen LogP contribution in [0.5, 0.6) is 0 Å². The van der Waals surface area contributed by atoms with E-state index in [2.05, 4.69) is 5.10 Å². The number of halogens is 1. The first-order valence-corrected chi connectivity index (χ1v) is 6.32. The van der Waals surface area contributed by atoms with E-state index in [1.165, 1.54) is 12.1 Å². The van der Waals surface area contributed by atoms with Gasteiger partial charge in [-0.1, -0.05) is 18.2 Å². The van der Waals surface area contributed by atoms with E-state index in [4.69, 9.17) is 5.73 Å². The van der Waals surface area contributed by atoms with Gasteiger partial charge in [-0.3, -0.25) is 14.7 Å². The van der Waals surface area contributed by atoms with E-state index in [0.717, 1.165) is 4.68 Å². The maximum atomic E-state index is 13.8. The molecule has 0 spiro atoms. The Morgan fingerprint density at radius 1 is 1.05 bits per heavy atom. The maximum Gasteiger partial charge on any atom is 0.273 e. The standard InChI is InChI=1S/C15H12FN3O2/c16-12-6-3-7-13(17)11(12)8-19-15(21)10-5-2-1-4-9(10)14(20)18-19/h1-7H,8,17H2,(H,18,20). The average molecular weight is 285 g/mol. The molecule has 0 fully saturated rings. The second-order valence-electron chi connectivity index (χ2n) is 4.69. The summed E-state index contributed by atoms with van der Waals surface area (Å²) in [5.41, 5.74) is 5.33. The smallest absolute Gasteiger partial charge is 0.273 e. The Labute approximate surface area is 118 Å². The summed E-state index contributed by atoms with van der Waals surface area (Å²) in [7, 11) is 0. The van der Waals surface area contributed by atoms with E-state index in [0.29, 0.717) is 5.39 Å². The Morgan fingerprint density at radius 3 is 2.48 bits per heavy atom. The van der Waals surface area contributed by atoms with E-state index in [-0.39, 0.29) is 23.2 Å². The van der Waals surface area contributed by atoms with Crippen LogP contribution in [0.3, 0.4) is 0 Å². The highest BCUT2D eigenvalue weighted by Gasteiger charge is 2.11. The maximum absolute atomic E-state index is 13.8. The molecule has 106 valence electrons. The van der Waals surface area contributed by atoms with Gasteiger partial charge in [0, 0.05) is 11.3 Å². The van der Waals surface area contributed by atoms with Gasteiger partial charge in [-0.05, 0) is 24.3 Å². The lowest BCUT2D eigenvalue weighted by Gasteiger charge is -2.10. The molecule has 21 heavy (non-hydrogen) atoms. The number of rotatable bonds is 2. The van der Waals surface area contributed by atoms with E-state index < -0.39 is 16.9 Å². The zero-order valence-electron chi connectivity index (χ0n) is 11.0. The van der Waals surface area contributed by atoms with Crippen LogP contribution in [0.2, 0.25) is 0 Å². The number of nitrogens with zero attached hydrogens (tertiary/aromatic N) is 1. The highest BCUT2D eigenvalue weighted by molar-refractivity contribution is 5.80. The Hall–Kier alpha value is -2.89. The van der Waals surface area contributed by atoms with Crippen molar-refractivity contribution in [1.29, 1.82) is 0 Å². The molecule has 0 bridgehead atoms. The quantitative estimate of drug-likeness (QED) is 0.699. The minimum atomic E-state index is -0.518. The van der Waals surface area contributed by atoms with Gasteiger partial charge in [-0.25, -0.2) is 9.07 Å². The SMILES string of the molecule is Nc1cccc(F)c1Cn1[nH]c(=O)c2ccccc2c1=O. The number of nitrogens with one attached hydrogen (secondary N) is 1. The van der Waals surface area contributed by atoms with Crippen molar-refractivity contribution in [3.63, 3.8) is 0 Å². The van der Waals surface area contributed by atoms with Crippen LogP contribution >= 0.6 is 0 Å². The first-order chi connectivity index (χ1) is 10.1. The van der Waals surface area contributed by atoms with Gasteiger partial charge in [-0.2, -0.15) is 0 Å². The number of H-pyrrole nitrogens is 1. The van der Waals surface area contributed by atoms with Gasteiger partial charge >= 0.3 is 0 Å². The number of nitrogens with two attached hydrogens (primary N) is 1. The van der Waals surface area contributed by atoms with Crippen molar-refractivity contribution in [3.05, 3.63) is 74.6 Å². The Kier molecular flexibility index (Phi) is 3.06. The molecule has 3 rings (SSSR count). The predicted molar refractivity (Wildman–Crippen MR) is 78.7 cm³/mol. The second kappa shape index (κ2) is 4.90. The number of nitrogen functional groups attached to an aromatic ring is 1. The molecule has 0 amide bonds. The normalized spacial score (nSPS) is 10.9. The van der Waals surface area contributed by atoms with Crippen molar-refractivity contribution in [2.45, 2.75) is 6.54 Å². The molecule has 1 heterocycles. The van der Waals surface area contributed by atoms with Gasteiger partial charge in [0.1, 0.15) is 5.82 Å². The van der Waals surface area contributed by atoms with Crippen molar-refractivity contribution in [2.24, 2.45) is 0 Å². The summed E-state index contributed by atoms with van der Waals surface area (Å²) in [5, 5.41) is 3.04. The molecule has 1 aromatic heterocycles. The van der Waals surface area contributed by atoms with Crippen LogP contribution in [0.1, 0.15) is 5.56 Å². The summed E-state index contributed by atoms with van der Waals surface area (Å²) >= 11 is 0. The van der Waals surface area contributed by atoms with Gasteiger partial charge in [0.05, 0.1) is 17.3 Å². The molecule has 3 aromatic rings. The molecule has 0 radical (unpaired) electrons. The van der Waals surface area contributed by atoms with Gasteiger partial charge in [0.2, 0.25) is 0 Å². The molecule has 5 nitrogen and oxygen atoms in total. The zero-order chi connectivity index (χ0) is 15.0. The van der Waals surface area contributed by atoms with E-state index in [9.17, 15) is 14.0 Å². The van der Waals surface area contributed by atoms with Crippen LogP contribution in [-0.4, -0.2) is 9.78 Å². The number of hydrogen-bond acceptors (Lipinski definition) is 3. The van der Waals surface area contributed by atoms with Crippen molar-refractivity contribution < 1.29 is 4.39 Å². The number of aromatic amines is 1. The molecule has 0 atom stereocenters. The van der Waals surface area contributed by atoms with Crippen molar-refractivity contribution >= 4 is 16.5 Å². The molecule has 0 saturated heterocycles. The molecule has 0 saturated carbocycles. The zero-order valence-corrected chi connectivity index (χ0v) is 11.0. The Morgan fingerprint density at radius 2 is 1.76 bits per heavy atom.